The Morgan fingerprint density at radius 2 is 2.06 bits per heavy atom. The molecule has 1 aliphatic heterocycles. The number of hydrogen-bond donors (Lipinski definition) is 2. The van der Waals surface area contributed by atoms with E-state index in [-0.39, 0.29) is 18.9 Å². The summed E-state index contributed by atoms with van der Waals surface area (Å²) in [5.74, 6) is 0.227. The fourth-order valence-corrected chi connectivity index (χ4v) is 4.01. The molecule has 2 heterocycles. The predicted octanol–water partition coefficient (Wildman–Crippen LogP) is 1.79. The average molecular weight is 460 g/mol. The Labute approximate surface area is 190 Å². The minimum atomic E-state index is -0.397. The lowest BCUT2D eigenvalue weighted by molar-refractivity contribution is -0.122. The summed E-state index contributed by atoms with van der Waals surface area (Å²) in [5, 5.41) is 9.71. The van der Waals surface area contributed by atoms with Gasteiger partial charge in [0.15, 0.2) is 16.6 Å². The molecular formula is C21H25N5O5S. The molecule has 0 radical (unpaired) electrons. The number of carbonyl (C=O) groups excluding carboxylic acids is 2. The standard InChI is InChI=1S/C21H25N5O5S/c1-14-19(32-21(23-14)26-7-10-30-11-8-26)20(28)25-24-18(27)4-3-9-31-16-6-5-15(13-22)12-17(16)29-2/h5-6,12H,3-4,7-11H2,1-2H3,(H,24,27)(H,25,28). The van der Waals surface area contributed by atoms with E-state index in [1.165, 1.54) is 18.4 Å². The zero-order valence-electron chi connectivity index (χ0n) is 18.0. The number of carbonyl (C=O) groups is 2. The van der Waals surface area contributed by atoms with Crippen LogP contribution in [0.1, 0.15) is 33.8 Å². The Hall–Kier alpha value is -3.36. The molecule has 10 nitrogen and oxygen atoms in total. The molecule has 170 valence electrons. The zero-order valence-corrected chi connectivity index (χ0v) is 18.8. The highest BCUT2D eigenvalue weighted by molar-refractivity contribution is 7.17. The van der Waals surface area contributed by atoms with Gasteiger partial charge < -0.3 is 19.1 Å². The second kappa shape index (κ2) is 11.3. The molecule has 11 heteroatoms. The summed E-state index contributed by atoms with van der Waals surface area (Å²) in [6.07, 6.45) is 0.602. The highest BCUT2D eigenvalue weighted by atomic mass is 32.1. The van der Waals surface area contributed by atoms with Crippen molar-refractivity contribution < 1.29 is 23.8 Å². The van der Waals surface area contributed by atoms with Crippen molar-refractivity contribution >= 4 is 28.3 Å². The van der Waals surface area contributed by atoms with Gasteiger partial charge in [0.25, 0.3) is 5.91 Å². The van der Waals surface area contributed by atoms with Crippen molar-refractivity contribution in [2.45, 2.75) is 19.8 Å². The van der Waals surface area contributed by atoms with Crippen LogP contribution in [0.2, 0.25) is 0 Å². The molecule has 1 fully saturated rings. The molecule has 0 aliphatic carbocycles. The van der Waals surface area contributed by atoms with E-state index in [0.717, 1.165) is 18.2 Å². The van der Waals surface area contributed by atoms with Crippen molar-refractivity contribution in [1.29, 1.82) is 5.26 Å². The maximum absolute atomic E-state index is 12.4. The van der Waals surface area contributed by atoms with Gasteiger partial charge in [-0.3, -0.25) is 20.4 Å². The summed E-state index contributed by atoms with van der Waals surface area (Å²) in [6, 6.07) is 6.90. The van der Waals surface area contributed by atoms with E-state index in [1.807, 2.05) is 6.07 Å². The topological polar surface area (TPSA) is 126 Å². The number of thiazole rings is 1. The molecule has 0 saturated carbocycles. The fourth-order valence-electron chi connectivity index (χ4n) is 3.00. The number of morpholine rings is 1. The van der Waals surface area contributed by atoms with E-state index >= 15 is 0 Å². The van der Waals surface area contributed by atoms with Crippen molar-refractivity contribution in [1.82, 2.24) is 15.8 Å². The van der Waals surface area contributed by atoms with Crippen LogP contribution >= 0.6 is 11.3 Å². The van der Waals surface area contributed by atoms with Crippen LogP contribution in [0.5, 0.6) is 11.5 Å². The highest BCUT2D eigenvalue weighted by Crippen LogP contribution is 2.28. The fraction of sp³-hybridized carbons (Fsp3) is 0.429. The van der Waals surface area contributed by atoms with Gasteiger partial charge in [-0.05, 0) is 25.5 Å². The number of amides is 2. The molecule has 1 aromatic carbocycles. The Morgan fingerprint density at radius 1 is 1.28 bits per heavy atom. The minimum Gasteiger partial charge on any atom is -0.493 e. The second-order valence-corrected chi connectivity index (χ2v) is 7.92. The number of hydrogen-bond acceptors (Lipinski definition) is 9. The van der Waals surface area contributed by atoms with Crippen molar-refractivity contribution in [2.75, 3.05) is 44.9 Å². The van der Waals surface area contributed by atoms with Crippen molar-refractivity contribution in [3.05, 3.63) is 34.3 Å². The largest absolute Gasteiger partial charge is 0.493 e. The van der Waals surface area contributed by atoms with Crippen molar-refractivity contribution in [3.8, 4) is 17.6 Å². The number of hydrazine groups is 1. The molecule has 2 amide bonds. The molecule has 0 bridgehead atoms. The predicted molar refractivity (Wildman–Crippen MR) is 118 cm³/mol. The van der Waals surface area contributed by atoms with E-state index in [9.17, 15) is 9.59 Å². The number of benzene rings is 1. The summed E-state index contributed by atoms with van der Waals surface area (Å²) in [7, 11) is 1.49. The zero-order chi connectivity index (χ0) is 22.9. The molecule has 3 rings (SSSR count). The second-order valence-electron chi connectivity index (χ2n) is 6.94. The maximum atomic E-state index is 12.4. The number of nitrogens with zero attached hydrogens (tertiary/aromatic N) is 3. The summed E-state index contributed by atoms with van der Waals surface area (Å²) >= 11 is 1.29. The van der Waals surface area contributed by atoms with Crippen molar-refractivity contribution in [2.24, 2.45) is 0 Å². The van der Waals surface area contributed by atoms with Gasteiger partial charge >= 0.3 is 0 Å². The van der Waals surface area contributed by atoms with Crippen LogP contribution < -0.4 is 25.2 Å². The summed E-state index contributed by atoms with van der Waals surface area (Å²) in [6.45, 7) is 4.80. The highest BCUT2D eigenvalue weighted by Gasteiger charge is 2.20. The SMILES string of the molecule is COc1cc(C#N)ccc1OCCCC(=O)NNC(=O)c1sc(N2CCOCC2)nc1C. The smallest absolute Gasteiger partial charge is 0.281 e. The first-order valence-electron chi connectivity index (χ1n) is 10.1. The molecule has 1 aromatic heterocycles. The van der Waals surface area contributed by atoms with Crippen LogP contribution in [0.15, 0.2) is 18.2 Å². The Morgan fingerprint density at radius 3 is 2.78 bits per heavy atom. The quantitative estimate of drug-likeness (QED) is 0.452. The Bertz CT molecular complexity index is 997. The van der Waals surface area contributed by atoms with Crippen LogP contribution in [0, 0.1) is 18.3 Å². The maximum Gasteiger partial charge on any atom is 0.281 e. The van der Waals surface area contributed by atoms with Crippen molar-refractivity contribution in [3.63, 3.8) is 0 Å². The molecule has 0 atom stereocenters. The lowest BCUT2D eigenvalue weighted by atomic mass is 10.2. The van der Waals surface area contributed by atoms with Gasteiger partial charge in [-0.1, -0.05) is 11.3 Å². The van der Waals surface area contributed by atoms with Crippen LogP contribution in [0.4, 0.5) is 5.13 Å². The number of nitriles is 1. The van der Waals surface area contributed by atoms with Crippen LogP contribution in [-0.2, 0) is 9.53 Å². The number of ether oxygens (including phenoxy) is 3. The number of aromatic nitrogens is 1. The molecule has 2 N–H and O–H groups in total. The van der Waals surface area contributed by atoms with Gasteiger partial charge in [0.2, 0.25) is 5.91 Å². The van der Waals surface area contributed by atoms with Crippen LogP contribution in [-0.4, -0.2) is 56.8 Å². The molecule has 2 aromatic rings. The molecular weight excluding hydrogens is 434 g/mol. The van der Waals surface area contributed by atoms with E-state index < -0.39 is 5.91 Å². The molecule has 0 spiro atoms. The molecule has 0 unspecified atom stereocenters. The normalized spacial score (nSPS) is 13.2. The van der Waals surface area contributed by atoms with Gasteiger partial charge in [-0.2, -0.15) is 5.26 Å². The van der Waals surface area contributed by atoms with E-state index in [0.29, 0.717) is 47.3 Å². The number of nitrogens with one attached hydrogen (secondary N) is 2. The summed E-state index contributed by atoms with van der Waals surface area (Å²) in [5.41, 5.74) is 5.95. The van der Waals surface area contributed by atoms with Crippen LogP contribution in [0.3, 0.4) is 0 Å². The van der Waals surface area contributed by atoms with E-state index in [4.69, 9.17) is 19.5 Å². The lowest BCUT2D eigenvalue weighted by Crippen LogP contribution is -2.41. The average Bonchev–Trinajstić information content (AvgIpc) is 3.22. The number of aryl methyl sites for hydroxylation is 1. The number of methoxy groups -OCH3 is 1. The number of rotatable bonds is 8. The van der Waals surface area contributed by atoms with E-state index in [1.54, 1.807) is 25.1 Å². The lowest BCUT2D eigenvalue weighted by Gasteiger charge is -2.25. The third-order valence-corrected chi connectivity index (χ3v) is 5.90. The monoisotopic (exact) mass is 459 g/mol. The molecule has 1 saturated heterocycles. The van der Waals surface area contributed by atoms with Crippen LogP contribution in [0.25, 0.3) is 0 Å². The minimum absolute atomic E-state index is 0.166. The Balaban J connectivity index is 1.41. The van der Waals surface area contributed by atoms with Gasteiger partial charge in [-0.15, -0.1) is 0 Å². The van der Waals surface area contributed by atoms with Gasteiger partial charge in [0.1, 0.15) is 4.88 Å². The Kier molecular flexibility index (Phi) is 8.24. The third-order valence-electron chi connectivity index (χ3n) is 4.69. The number of anilines is 1. The van der Waals surface area contributed by atoms with E-state index in [2.05, 4.69) is 20.7 Å². The third kappa shape index (κ3) is 6.09. The molecule has 32 heavy (non-hydrogen) atoms. The summed E-state index contributed by atoms with van der Waals surface area (Å²) in [4.78, 5) is 31.5. The van der Waals surface area contributed by atoms with Gasteiger partial charge in [-0.25, -0.2) is 4.98 Å². The van der Waals surface area contributed by atoms with Gasteiger partial charge in [0.05, 0.1) is 44.3 Å². The summed E-state index contributed by atoms with van der Waals surface area (Å²) < 4.78 is 16.2. The molecule has 1 aliphatic rings. The first-order chi connectivity index (χ1) is 15.5. The first-order valence-corrected chi connectivity index (χ1v) is 10.9. The first kappa shape index (κ1) is 23.3. The van der Waals surface area contributed by atoms with Gasteiger partial charge in [0, 0.05) is 25.6 Å².